The van der Waals surface area contributed by atoms with Gasteiger partial charge in [0.1, 0.15) is 5.82 Å². The Morgan fingerprint density at radius 3 is 2.67 bits per heavy atom. The van der Waals surface area contributed by atoms with Gasteiger partial charge in [0.05, 0.1) is 17.9 Å². The average molecular weight is 350 g/mol. The van der Waals surface area contributed by atoms with E-state index >= 15 is 0 Å². The van der Waals surface area contributed by atoms with Gasteiger partial charge in [0.2, 0.25) is 0 Å². The van der Waals surface area contributed by atoms with Crippen LogP contribution in [0.2, 0.25) is 0 Å². The molecule has 0 spiro atoms. The van der Waals surface area contributed by atoms with E-state index in [-0.39, 0.29) is 11.8 Å². The van der Waals surface area contributed by atoms with Crippen LogP contribution in [0.3, 0.4) is 0 Å². The molecule has 0 N–H and O–H groups in total. The molecule has 0 saturated heterocycles. The van der Waals surface area contributed by atoms with Gasteiger partial charge < -0.3 is 4.74 Å². The number of carbonyl (C=O) groups excluding carboxylic acids is 1. The molecule has 0 saturated carbocycles. The molecule has 2 aromatic carbocycles. The van der Waals surface area contributed by atoms with Gasteiger partial charge in [0, 0.05) is 16.3 Å². The lowest BCUT2D eigenvalue weighted by Crippen LogP contribution is -2.03. The Kier molecular flexibility index (Phi) is 5.22. The summed E-state index contributed by atoms with van der Waals surface area (Å²) in [4.78, 5) is 15.7. The quantitative estimate of drug-likeness (QED) is 0.601. The van der Waals surface area contributed by atoms with E-state index < -0.39 is 0 Å². The Morgan fingerprint density at radius 1 is 1.29 bits per heavy atom. The molecule has 0 aliphatic rings. The average Bonchev–Trinajstić information content (AvgIpc) is 2.49. The molecule has 2 aromatic rings. The van der Waals surface area contributed by atoms with E-state index in [1.54, 1.807) is 43.3 Å². The number of ether oxygens (including phenoxy) is 1. The number of hydrogen-bond acceptors (Lipinski definition) is 3. The number of carbonyl (C=O) groups is 1. The van der Waals surface area contributed by atoms with Crippen molar-refractivity contribution in [2.24, 2.45) is 4.99 Å². The van der Waals surface area contributed by atoms with Gasteiger partial charge in [-0.25, -0.2) is 9.18 Å². The Labute approximate surface area is 130 Å². The highest BCUT2D eigenvalue weighted by Gasteiger charge is 2.05. The van der Waals surface area contributed by atoms with Crippen molar-refractivity contribution in [2.75, 3.05) is 6.61 Å². The van der Waals surface area contributed by atoms with Crippen LogP contribution in [-0.4, -0.2) is 18.8 Å². The second kappa shape index (κ2) is 7.13. The van der Waals surface area contributed by atoms with Crippen molar-refractivity contribution >= 4 is 33.8 Å². The van der Waals surface area contributed by atoms with Crippen molar-refractivity contribution in [1.29, 1.82) is 0 Å². The normalized spacial score (nSPS) is 10.8. The fraction of sp³-hybridized carbons (Fsp3) is 0.125. The van der Waals surface area contributed by atoms with Gasteiger partial charge in [-0.15, -0.1) is 0 Å². The summed E-state index contributed by atoms with van der Waals surface area (Å²) in [5.74, 6) is -0.712. The summed E-state index contributed by atoms with van der Waals surface area (Å²) in [5.41, 5.74) is 1.48. The molecule has 0 aliphatic heterocycles. The number of rotatable bonds is 4. The Hall–Kier alpha value is -2.01. The van der Waals surface area contributed by atoms with Crippen molar-refractivity contribution in [3.63, 3.8) is 0 Å². The number of nitrogens with zero attached hydrogens (tertiary/aromatic N) is 1. The summed E-state index contributed by atoms with van der Waals surface area (Å²) in [6.45, 7) is 2.09. The maximum atomic E-state index is 13.6. The third-order valence-electron chi connectivity index (χ3n) is 2.69. The maximum absolute atomic E-state index is 13.6. The predicted octanol–water partition coefficient (Wildman–Crippen LogP) is 4.52. The summed E-state index contributed by atoms with van der Waals surface area (Å²) in [6.07, 6.45) is 1.44. The van der Waals surface area contributed by atoms with Gasteiger partial charge in [-0.3, -0.25) is 4.99 Å². The zero-order valence-electron chi connectivity index (χ0n) is 11.3. The lowest BCUT2D eigenvalue weighted by atomic mass is 10.2. The van der Waals surface area contributed by atoms with Gasteiger partial charge in [0.15, 0.2) is 0 Å². The Balaban J connectivity index is 2.14. The minimum atomic E-state index is -0.369. The lowest BCUT2D eigenvalue weighted by molar-refractivity contribution is 0.0526. The third kappa shape index (κ3) is 4.23. The molecular weight excluding hydrogens is 337 g/mol. The van der Waals surface area contributed by atoms with E-state index in [0.29, 0.717) is 23.4 Å². The fourth-order valence-electron chi connectivity index (χ4n) is 1.66. The highest BCUT2D eigenvalue weighted by atomic mass is 79.9. The van der Waals surface area contributed by atoms with Crippen molar-refractivity contribution in [3.8, 4) is 0 Å². The van der Waals surface area contributed by atoms with Gasteiger partial charge in [-0.05, 0) is 49.4 Å². The summed E-state index contributed by atoms with van der Waals surface area (Å²) < 4.78 is 19.2. The van der Waals surface area contributed by atoms with E-state index in [4.69, 9.17) is 4.74 Å². The summed E-state index contributed by atoms with van der Waals surface area (Å²) in [7, 11) is 0. The van der Waals surface area contributed by atoms with Crippen molar-refractivity contribution in [2.45, 2.75) is 6.92 Å². The van der Waals surface area contributed by atoms with Gasteiger partial charge >= 0.3 is 5.97 Å². The van der Waals surface area contributed by atoms with Crippen LogP contribution in [0.5, 0.6) is 0 Å². The molecule has 0 aliphatic carbocycles. The van der Waals surface area contributed by atoms with Crippen LogP contribution in [0.15, 0.2) is 51.9 Å². The third-order valence-corrected chi connectivity index (χ3v) is 3.18. The molecule has 3 nitrogen and oxygen atoms in total. The molecule has 0 radical (unpaired) electrons. The molecule has 108 valence electrons. The van der Waals surface area contributed by atoms with Gasteiger partial charge in [0.25, 0.3) is 0 Å². The highest BCUT2D eigenvalue weighted by molar-refractivity contribution is 9.10. The molecule has 0 aromatic heterocycles. The second-order valence-corrected chi connectivity index (χ2v) is 5.11. The maximum Gasteiger partial charge on any atom is 0.338 e. The number of aliphatic imine (C=N–C) groups is 1. The zero-order valence-corrected chi connectivity index (χ0v) is 12.9. The first-order valence-corrected chi connectivity index (χ1v) is 7.15. The first-order valence-electron chi connectivity index (χ1n) is 6.36. The molecular formula is C16H13BrFNO2. The number of halogens is 2. The van der Waals surface area contributed by atoms with Crippen LogP contribution in [0.1, 0.15) is 22.8 Å². The Bertz CT molecular complexity index is 668. The van der Waals surface area contributed by atoms with E-state index in [1.165, 1.54) is 12.3 Å². The van der Waals surface area contributed by atoms with Crippen molar-refractivity contribution in [1.82, 2.24) is 0 Å². The van der Waals surface area contributed by atoms with Crippen LogP contribution < -0.4 is 0 Å². The van der Waals surface area contributed by atoms with E-state index in [2.05, 4.69) is 20.9 Å². The van der Waals surface area contributed by atoms with Crippen LogP contribution in [-0.2, 0) is 4.74 Å². The van der Waals surface area contributed by atoms with E-state index in [1.807, 2.05) is 0 Å². The standard InChI is InChI=1S/C16H13BrFNO2/c1-2-21-16(20)11-3-6-14(7-4-11)19-10-12-9-13(17)5-8-15(12)18/h3-10H,2H2,1H3/b19-10+. The Morgan fingerprint density at radius 2 is 2.00 bits per heavy atom. The molecule has 0 amide bonds. The highest BCUT2D eigenvalue weighted by Crippen LogP contribution is 2.17. The van der Waals surface area contributed by atoms with Gasteiger partial charge in [-0.1, -0.05) is 15.9 Å². The SMILES string of the molecule is CCOC(=O)c1ccc(/N=C/c2cc(Br)ccc2F)cc1. The van der Waals surface area contributed by atoms with Crippen LogP contribution in [0, 0.1) is 5.82 Å². The molecule has 5 heteroatoms. The van der Waals surface area contributed by atoms with Crippen LogP contribution in [0.4, 0.5) is 10.1 Å². The van der Waals surface area contributed by atoms with E-state index in [9.17, 15) is 9.18 Å². The smallest absolute Gasteiger partial charge is 0.338 e. The molecule has 0 fully saturated rings. The number of benzene rings is 2. The summed E-state index contributed by atoms with van der Waals surface area (Å²) in [5, 5.41) is 0. The predicted molar refractivity (Wildman–Crippen MR) is 83.8 cm³/mol. The molecule has 0 unspecified atom stereocenters. The molecule has 0 bridgehead atoms. The molecule has 0 heterocycles. The minimum Gasteiger partial charge on any atom is -0.462 e. The minimum absolute atomic E-state index is 0.334. The fourth-order valence-corrected chi connectivity index (χ4v) is 2.03. The first kappa shape index (κ1) is 15.4. The van der Waals surface area contributed by atoms with Crippen molar-refractivity contribution in [3.05, 3.63) is 63.9 Å². The second-order valence-electron chi connectivity index (χ2n) is 4.19. The summed E-state index contributed by atoms with van der Waals surface area (Å²) >= 11 is 3.28. The van der Waals surface area contributed by atoms with E-state index in [0.717, 1.165) is 4.47 Å². The monoisotopic (exact) mass is 349 g/mol. The summed E-state index contributed by atoms with van der Waals surface area (Å²) in [6, 6.07) is 11.3. The zero-order chi connectivity index (χ0) is 15.2. The number of esters is 1. The molecule has 2 rings (SSSR count). The van der Waals surface area contributed by atoms with Crippen LogP contribution >= 0.6 is 15.9 Å². The topological polar surface area (TPSA) is 38.7 Å². The van der Waals surface area contributed by atoms with Crippen molar-refractivity contribution < 1.29 is 13.9 Å². The molecule has 0 atom stereocenters. The van der Waals surface area contributed by atoms with Gasteiger partial charge in [-0.2, -0.15) is 0 Å². The lowest BCUT2D eigenvalue weighted by Gasteiger charge is -2.01. The largest absolute Gasteiger partial charge is 0.462 e. The van der Waals surface area contributed by atoms with Crippen LogP contribution in [0.25, 0.3) is 0 Å². The molecule has 21 heavy (non-hydrogen) atoms. The number of hydrogen-bond donors (Lipinski definition) is 0. The first-order chi connectivity index (χ1) is 10.1.